The standard InChI is InChI=1S/C15H18FN3/c16-15-4-2-1-3-13(15)10-19-11-14(9-18-19)12-5-7-17-8-6-12/h1-4,9,11-12,17H,5-8,10H2. The lowest BCUT2D eigenvalue weighted by atomic mass is 9.93. The summed E-state index contributed by atoms with van der Waals surface area (Å²) in [5, 5.41) is 7.72. The molecular formula is C15H18FN3. The molecule has 0 atom stereocenters. The summed E-state index contributed by atoms with van der Waals surface area (Å²) < 4.78 is 15.4. The molecule has 1 fully saturated rings. The number of hydrogen-bond donors (Lipinski definition) is 1. The van der Waals surface area contributed by atoms with Crippen molar-refractivity contribution in [2.75, 3.05) is 13.1 Å². The van der Waals surface area contributed by atoms with Gasteiger partial charge < -0.3 is 5.32 Å². The summed E-state index contributed by atoms with van der Waals surface area (Å²) in [5.41, 5.74) is 1.96. The third-order valence-electron chi connectivity index (χ3n) is 3.75. The van der Waals surface area contributed by atoms with Crippen LogP contribution in [0.5, 0.6) is 0 Å². The molecule has 100 valence electrons. The zero-order valence-corrected chi connectivity index (χ0v) is 10.8. The van der Waals surface area contributed by atoms with E-state index in [1.165, 1.54) is 11.6 Å². The lowest BCUT2D eigenvalue weighted by molar-refractivity contribution is 0.460. The molecule has 1 aromatic carbocycles. The number of aromatic nitrogens is 2. The van der Waals surface area contributed by atoms with E-state index in [0.29, 0.717) is 18.0 Å². The first-order chi connectivity index (χ1) is 9.33. The molecule has 1 aromatic heterocycles. The second-order valence-corrected chi connectivity index (χ2v) is 5.09. The van der Waals surface area contributed by atoms with E-state index in [2.05, 4.69) is 16.6 Å². The Labute approximate surface area is 112 Å². The van der Waals surface area contributed by atoms with Crippen LogP contribution in [0, 0.1) is 5.82 Å². The number of hydrogen-bond acceptors (Lipinski definition) is 2. The maximum atomic E-state index is 13.6. The first-order valence-electron chi connectivity index (χ1n) is 6.79. The molecule has 0 radical (unpaired) electrons. The lowest BCUT2D eigenvalue weighted by Gasteiger charge is -2.21. The van der Waals surface area contributed by atoms with Crippen molar-refractivity contribution in [3.8, 4) is 0 Å². The van der Waals surface area contributed by atoms with Crippen LogP contribution in [0.15, 0.2) is 36.7 Å². The number of nitrogens with one attached hydrogen (secondary N) is 1. The summed E-state index contributed by atoms with van der Waals surface area (Å²) in [5.74, 6) is 0.428. The number of piperidine rings is 1. The minimum Gasteiger partial charge on any atom is -0.317 e. The number of benzene rings is 1. The molecule has 1 aliphatic rings. The molecule has 0 saturated carbocycles. The van der Waals surface area contributed by atoms with Crippen LogP contribution in [0.3, 0.4) is 0 Å². The van der Waals surface area contributed by atoms with Gasteiger partial charge in [-0.15, -0.1) is 0 Å². The van der Waals surface area contributed by atoms with Crippen LogP contribution in [0.4, 0.5) is 4.39 Å². The zero-order valence-electron chi connectivity index (χ0n) is 10.8. The van der Waals surface area contributed by atoms with Gasteiger partial charge in [0.1, 0.15) is 5.82 Å². The predicted octanol–water partition coefficient (Wildman–Crippen LogP) is 2.54. The molecule has 0 spiro atoms. The molecule has 3 nitrogen and oxygen atoms in total. The van der Waals surface area contributed by atoms with Crippen LogP contribution in [-0.4, -0.2) is 22.9 Å². The van der Waals surface area contributed by atoms with Crippen molar-refractivity contribution >= 4 is 0 Å². The SMILES string of the molecule is Fc1ccccc1Cn1cc(C2CCNCC2)cn1. The van der Waals surface area contributed by atoms with Crippen molar-refractivity contribution in [3.05, 3.63) is 53.6 Å². The van der Waals surface area contributed by atoms with Gasteiger partial charge in [0.25, 0.3) is 0 Å². The van der Waals surface area contributed by atoms with Crippen molar-refractivity contribution in [1.82, 2.24) is 15.1 Å². The van der Waals surface area contributed by atoms with E-state index in [0.717, 1.165) is 25.9 Å². The van der Waals surface area contributed by atoms with Crippen molar-refractivity contribution < 1.29 is 4.39 Å². The van der Waals surface area contributed by atoms with Crippen molar-refractivity contribution in [1.29, 1.82) is 0 Å². The van der Waals surface area contributed by atoms with Gasteiger partial charge in [0.15, 0.2) is 0 Å². The molecule has 19 heavy (non-hydrogen) atoms. The largest absolute Gasteiger partial charge is 0.317 e. The highest BCUT2D eigenvalue weighted by Crippen LogP contribution is 2.24. The summed E-state index contributed by atoms with van der Waals surface area (Å²) in [7, 11) is 0. The minimum atomic E-state index is -0.165. The average molecular weight is 259 g/mol. The highest BCUT2D eigenvalue weighted by atomic mass is 19.1. The van der Waals surface area contributed by atoms with Crippen molar-refractivity contribution in [2.45, 2.75) is 25.3 Å². The van der Waals surface area contributed by atoms with E-state index in [-0.39, 0.29) is 5.82 Å². The fraction of sp³-hybridized carbons (Fsp3) is 0.400. The first kappa shape index (κ1) is 12.4. The molecule has 1 aliphatic heterocycles. The fourth-order valence-electron chi connectivity index (χ4n) is 2.63. The first-order valence-corrected chi connectivity index (χ1v) is 6.79. The Morgan fingerprint density at radius 2 is 2.05 bits per heavy atom. The molecule has 4 heteroatoms. The van der Waals surface area contributed by atoms with E-state index in [1.807, 2.05) is 16.9 Å². The summed E-state index contributed by atoms with van der Waals surface area (Å²) in [4.78, 5) is 0. The van der Waals surface area contributed by atoms with Crippen LogP contribution in [0.25, 0.3) is 0 Å². The van der Waals surface area contributed by atoms with Gasteiger partial charge in [-0.1, -0.05) is 18.2 Å². The van der Waals surface area contributed by atoms with E-state index in [9.17, 15) is 4.39 Å². The second kappa shape index (κ2) is 5.53. The Bertz CT molecular complexity index is 544. The van der Waals surface area contributed by atoms with E-state index in [1.54, 1.807) is 12.1 Å². The maximum Gasteiger partial charge on any atom is 0.128 e. The summed E-state index contributed by atoms with van der Waals surface area (Å²) in [6.45, 7) is 2.64. The Hall–Kier alpha value is -1.68. The molecule has 1 N–H and O–H groups in total. The highest BCUT2D eigenvalue weighted by Gasteiger charge is 2.16. The topological polar surface area (TPSA) is 29.9 Å². The van der Waals surface area contributed by atoms with Gasteiger partial charge >= 0.3 is 0 Å². The smallest absolute Gasteiger partial charge is 0.128 e. The number of nitrogens with zero attached hydrogens (tertiary/aromatic N) is 2. The molecule has 2 aromatic rings. The van der Waals surface area contributed by atoms with Gasteiger partial charge in [0, 0.05) is 11.8 Å². The Kier molecular flexibility index (Phi) is 3.60. The molecule has 3 rings (SSSR count). The van der Waals surface area contributed by atoms with Gasteiger partial charge in [-0.05, 0) is 43.5 Å². The maximum absolute atomic E-state index is 13.6. The molecule has 2 heterocycles. The highest BCUT2D eigenvalue weighted by molar-refractivity contribution is 5.19. The molecule has 0 bridgehead atoms. The minimum absolute atomic E-state index is 0.165. The Balaban J connectivity index is 1.73. The molecule has 0 amide bonds. The van der Waals surface area contributed by atoms with Crippen LogP contribution < -0.4 is 5.32 Å². The molecule has 0 unspecified atom stereocenters. The number of halogens is 1. The Morgan fingerprint density at radius 1 is 1.26 bits per heavy atom. The average Bonchev–Trinajstić information content (AvgIpc) is 2.91. The van der Waals surface area contributed by atoms with Gasteiger partial charge in [-0.3, -0.25) is 4.68 Å². The number of rotatable bonds is 3. The normalized spacial score (nSPS) is 16.7. The predicted molar refractivity (Wildman–Crippen MR) is 72.6 cm³/mol. The summed E-state index contributed by atoms with van der Waals surface area (Å²) in [6.07, 6.45) is 6.30. The van der Waals surface area contributed by atoms with E-state index >= 15 is 0 Å². The summed E-state index contributed by atoms with van der Waals surface area (Å²) >= 11 is 0. The van der Waals surface area contributed by atoms with Crippen LogP contribution in [-0.2, 0) is 6.54 Å². The Morgan fingerprint density at radius 3 is 2.84 bits per heavy atom. The second-order valence-electron chi connectivity index (χ2n) is 5.09. The third-order valence-corrected chi connectivity index (χ3v) is 3.75. The van der Waals surface area contributed by atoms with Gasteiger partial charge in [-0.2, -0.15) is 5.10 Å². The lowest BCUT2D eigenvalue weighted by Crippen LogP contribution is -2.26. The third kappa shape index (κ3) is 2.84. The van der Waals surface area contributed by atoms with E-state index in [4.69, 9.17) is 0 Å². The van der Waals surface area contributed by atoms with Gasteiger partial charge in [0.05, 0.1) is 12.7 Å². The van der Waals surface area contributed by atoms with Gasteiger partial charge in [0.2, 0.25) is 0 Å². The van der Waals surface area contributed by atoms with E-state index < -0.39 is 0 Å². The zero-order chi connectivity index (χ0) is 13.1. The fourth-order valence-corrected chi connectivity index (χ4v) is 2.63. The quantitative estimate of drug-likeness (QED) is 0.918. The molecular weight excluding hydrogens is 241 g/mol. The molecule has 1 saturated heterocycles. The van der Waals surface area contributed by atoms with Gasteiger partial charge in [-0.25, -0.2) is 4.39 Å². The van der Waals surface area contributed by atoms with Crippen molar-refractivity contribution in [2.24, 2.45) is 0 Å². The monoisotopic (exact) mass is 259 g/mol. The van der Waals surface area contributed by atoms with Crippen LogP contribution in [0.1, 0.15) is 29.9 Å². The van der Waals surface area contributed by atoms with Crippen molar-refractivity contribution in [3.63, 3.8) is 0 Å². The molecule has 0 aliphatic carbocycles. The summed E-state index contributed by atoms with van der Waals surface area (Å²) in [6, 6.07) is 6.87. The van der Waals surface area contributed by atoms with Crippen LogP contribution >= 0.6 is 0 Å². The van der Waals surface area contributed by atoms with Crippen LogP contribution in [0.2, 0.25) is 0 Å².